The van der Waals surface area contributed by atoms with Crippen molar-refractivity contribution in [2.24, 2.45) is 5.92 Å². The fraction of sp³-hybridized carbons (Fsp3) is 0.533. The van der Waals surface area contributed by atoms with Gasteiger partial charge in [-0.1, -0.05) is 6.07 Å². The van der Waals surface area contributed by atoms with Gasteiger partial charge in [-0.3, -0.25) is 0 Å². The van der Waals surface area contributed by atoms with Crippen LogP contribution in [0.15, 0.2) is 18.2 Å². The van der Waals surface area contributed by atoms with E-state index in [1.165, 1.54) is 12.1 Å². The number of aliphatic hydroxyl groups excluding tert-OH is 1. The Kier molecular flexibility index (Phi) is 5.12. The number of hydrogen-bond acceptors (Lipinski definition) is 2. The van der Waals surface area contributed by atoms with Gasteiger partial charge in [-0.2, -0.15) is 0 Å². The second kappa shape index (κ2) is 6.85. The van der Waals surface area contributed by atoms with Gasteiger partial charge in [0.25, 0.3) is 0 Å². The summed E-state index contributed by atoms with van der Waals surface area (Å²) in [5.74, 6) is -1.09. The maximum absolute atomic E-state index is 13.4. The molecule has 0 saturated carbocycles. The lowest BCUT2D eigenvalue weighted by Crippen LogP contribution is -2.40. The van der Waals surface area contributed by atoms with Crippen LogP contribution in [0.2, 0.25) is 0 Å². The molecule has 0 radical (unpaired) electrons. The first-order valence-electron chi connectivity index (χ1n) is 7.12. The molecule has 2 atom stereocenters. The topological polar surface area (TPSA) is 52.6 Å². The Labute approximate surface area is 122 Å². The molecule has 1 aliphatic rings. The van der Waals surface area contributed by atoms with Crippen LogP contribution in [0.1, 0.15) is 18.9 Å². The SMILES string of the molecule is CC(O)C1CCN(C(=O)NCCc2ccc(F)cc2F)C1. The lowest BCUT2D eigenvalue weighted by atomic mass is 10.0. The largest absolute Gasteiger partial charge is 0.393 e. The molecule has 1 aromatic rings. The van der Waals surface area contributed by atoms with Gasteiger partial charge >= 0.3 is 6.03 Å². The first-order chi connectivity index (χ1) is 9.97. The third-order valence-corrected chi connectivity index (χ3v) is 3.88. The van der Waals surface area contributed by atoms with Crippen molar-refractivity contribution in [2.45, 2.75) is 25.9 Å². The highest BCUT2D eigenvalue weighted by atomic mass is 19.1. The monoisotopic (exact) mass is 298 g/mol. The van der Waals surface area contributed by atoms with Gasteiger partial charge in [0.15, 0.2) is 0 Å². The fourth-order valence-corrected chi connectivity index (χ4v) is 2.51. The second-order valence-electron chi connectivity index (χ2n) is 5.45. The van der Waals surface area contributed by atoms with E-state index in [0.717, 1.165) is 12.5 Å². The predicted octanol–water partition coefficient (Wildman–Crippen LogP) is 1.92. The molecule has 2 unspecified atom stereocenters. The first-order valence-corrected chi connectivity index (χ1v) is 7.12. The number of likely N-dealkylation sites (tertiary alicyclic amines) is 1. The van der Waals surface area contributed by atoms with Crippen molar-refractivity contribution in [2.75, 3.05) is 19.6 Å². The van der Waals surface area contributed by atoms with Gasteiger partial charge in [0, 0.05) is 31.6 Å². The van der Waals surface area contributed by atoms with Crippen LogP contribution in [0.4, 0.5) is 13.6 Å². The summed E-state index contributed by atoms with van der Waals surface area (Å²) in [6.45, 7) is 3.17. The Hall–Kier alpha value is -1.69. The lowest BCUT2D eigenvalue weighted by molar-refractivity contribution is 0.129. The molecule has 1 aliphatic heterocycles. The molecule has 1 fully saturated rings. The predicted molar refractivity (Wildman–Crippen MR) is 74.8 cm³/mol. The maximum Gasteiger partial charge on any atom is 0.317 e. The van der Waals surface area contributed by atoms with E-state index < -0.39 is 17.7 Å². The highest BCUT2D eigenvalue weighted by molar-refractivity contribution is 5.74. The highest BCUT2D eigenvalue weighted by Gasteiger charge is 2.28. The van der Waals surface area contributed by atoms with Gasteiger partial charge in [0.2, 0.25) is 0 Å². The summed E-state index contributed by atoms with van der Waals surface area (Å²) in [6.07, 6.45) is 0.680. The van der Waals surface area contributed by atoms with Crippen LogP contribution < -0.4 is 5.32 Å². The number of halogens is 2. The molecule has 2 amide bonds. The zero-order valence-electron chi connectivity index (χ0n) is 12.0. The second-order valence-corrected chi connectivity index (χ2v) is 5.45. The zero-order valence-corrected chi connectivity index (χ0v) is 12.0. The number of aliphatic hydroxyl groups is 1. The maximum atomic E-state index is 13.4. The number of carbonyl (C=O) groups is 1. The van der Waals surface area contributed by atoms with Gasteiger partial charge in [-0.15, -0.1) is 0 Å². The van der Waals surface area contributed by atoms with Gasteiger partial charge in [0.05, 0.1) is 6.10 Å². The zero-order chi connectivity index (χ0) is 15.4. The van der Waals surface area contributed by atoms with Crippen molar-refractivity contribution in [3.05, 3.63) is 35.4 Å². The summed E-state index contributed by atoms with van der Waals surface area (Å²) in [4.78, 5) is 13.6. The molecular formula is C15H20F2N2O2. The molecule has 0 aliphatic carbocycles. The molecular weight excluding hydrogens is 278 g/mol. The van der Waals surface area contributed by atoms with Gasteiger partial charge in [-0.05, 0) is 31.4 Å². The van der Waals surface area contributed by atoms with Gasteiger partial charge in [0.1, 0.15) is 11.6 Å². The average Bonchev–Trinajstić information content (AvgIpc) is 2.91. The Bertz CT molecular complexity index is 508. The molecule has 0 aromatic heterocycles. The molecule has 1 heterocycles. The van der Waals surface area contributed by atoms with Crippen molar-refractivity contribution >= 4 is 6.03 Å². The fourth-order valence-electron chi connectivity index (χ4n) is 2.51. The minimum absolute atomic E-state index is 0.116. The summed E-state index contributed by atoms with van der Waals surface area (Å²) in [5.41, 5.74) is 0.375. The van der Waals surface area contributed by atoms with Crippen molar-refractivity contribution in [1.29, 1.82) is 0 Å². The van der Waals surface area contributed by atoms with Crippen LogP contribution in [-0.2, 0) is 6.42 Å². The van der Waals surface area contributed by atoms with Gasteiger partial charge in [-0.25, -0.2) is 13.6 Å². The Balaban J connectivity index is 1.77. The number of carbonyl (C=O) groups excluding carboxylic acids is 1. The number of amides is 2. The summed E-state index contributed by atoms with van der Waals surface area (Å²) in [7, 11) is 0. The van der Waals surface area contributed by atoms with Crippen molar-refractivity contribution in [1.82, 2.24) is 10.2 Å². The molecule has 2 rings (SSSR count). The summed E-state index contributed by atoms with van der Waals surface area (Å²) in [6, 6.07) is 3.22. The summed E-state index contributed by atoms with van der Waals surface area (Å²) < 4.78 is 26.2. The third-order valence-electron chi connectivity index (χ3n) is 3.88. The number of rotatable bonds is 4. The number of nitrogens with zero attached hydrogens (tertiary/aromatic N) is 1. The van der Waals surface area contributed by atoms with Crippen molar-refractivity contribution in [3.8, 4) is 0 Å². The normalized spacial score (nSPS) is 19.6. The summed E-state index contributed by atoms with van der Waals surface area (Å²) in [5, 5.41) is 12.2. The molecule has 0 bridgehead atoms. The molecule has 1 aromatic carbocycles. The van der Waals surface area contributed by atoms with E-state index in [0.29, 0.717) is 25.1 Å². The van der Waals surface area contributed by atoms with Crippen molar-refractivity contribution < 1.29 is 18.7 Å². The Morgan fingerprint density at radius 3 is 2.90 bits per heavy atom. The standard InChI is InChI=1S/C15H20F2N2O2/c1-10(20)12-5-7-19(9-12)15(21)18-6-4-11-2-3-13(16)8-14(11)17/h2-3,8,10,12,20H,4-7,9H2,1H3,(H,18,21). The number of nitrogens with one attached hydrogen (secondary N) is 1. The highest BCUT2D eigenvalue weighted by Crippen LogP contribution is 2.19. The first kappa shape index (κ1) is 15.7. The van der Waals surface area contributed by atoms with Crippen LogP contribution in [-0.4, -0.2) is 41.8 Å². The molecule has 1 saturated heterocycles. The van der Waals surface area contributed by atoms with Crippen molar-refractivity contribution in [3.63, 3.8) is 0 Å². The number of urea groups is 1. The average molecular weight is 298 g/mol. The van der Waals surface area contributed by atoms with E-state index in [-0.39, 0.29) is 18.5 Å². The molecule has 116 valence electrons. The van der Waals surface area contributed by atoms with E-state index in [9.17, 15) is 18.7 Å². The Morgan fingerprint density at radius 1 is 1.52 bits per heavy atom. The van der Waals surface area contributed by atoms with Crippen LogP contribution in [0.5, 0.6) is 0 Å². The van der Waals surface area contributed by atoms with Crippen LogP contribution >= 0.6 is 0 Å². The summed E-state index contributed by atoms with van der Waals surface area (Å²) >= 11 is 0. The van der Waals surface area contributed by atoms with Crippen LogP contribution in [0.25, 0.3) is 0 Å². The minimum atomic E-state index is -0.610. The molecule has 6 heteroatoms. The van der Waals surface area contributed by atoms with E-state index in [4.69, 9.17) is 0 Å². The van der Waals surface area contributed by atoms with Gasteiger partial charge < -0.3 is 15.3 Å². The van der Waals surface area contributed by atoms with E-state index in [2.05, 4.69) is 5.32 Å². The van der Waals surface area contributed by atoms with E-state index >= 15 is 0 Å². The molecule has 0 spiro atoms. The third kappa shape index (κ3) is 4.14. The minimum Gasteiger partial charge on any atom is -0.393 e. The van der Waals surface area contributed by atoms with E-state index in [1.807, 2.05) is 0 Å². The van der Waals surface area contributed by atoms with Crippen LogP contribution in [0.3, 0.4) is 0 Å². The molecule has 2 N–H and O–H groups in total. The molecule has 21 heavy (non-hydrogen) atoms. The van der Waals surface area contributed by atoms with E-state index in [1.54, 1.807) is 11.8 Å². The lowest BCUT2D eigenvalue weighted by Gasteiger charge is -2.18. The molecule has 4 nitrogen and oxygen atoms in total. The Morgan fingerprint density at radius 2 is 2.29 bits per heavy atom. The number of hydrogen-bond donors (Lipinski definition) is 2. The smallest absolute Gasteiger partial charge is 0.317 e. The quantitative estimate of drug-likeness (QED) is 0.892. The van der Waals surface area contributed by atoms with Crippen LogP contribution in [0, 0.1) is 17.6 Å². The number of benzene rings is 1.